The smallest absolute Gasteiger partial charge is 0.244 e. The Bertz CT molecular complexity index is 664. The molecule has 0 bridgehead atoms. The highest BCUT2D eigenvalue weighted by Crippen LogP contribution is 2.29. The predicted molar refractivity (Wildman–Crippen MR) is 76.6 cm³/mol. The Morgan fingerprint density at radius 2 is 2.05 bits per heavy atom. The van der Waals surface area contributed by atoms with E-state index in [1.165, 1.54) is 22.2 Å². The fraction of sp³-hybridized carbons (Fsp3) is 0.417. The van der Waals surface area contributed by atoms with Crippen LogP contribution >= 0.6 is 11.3 Å². The van der Waals surface area contributed by atoms with Crippen LogP contribution < -0.4 is 4.72 Å². The lowest BCUT2D eigenvalue weighted by Gasteiger charge is -2.20. The molecule has 0 aromatic carbocycles. The second-order valence-electron chi connectivity index (χ2n) is 5.35. The third kappa shape index (κ3) is 3.23. The Kier molecular flexibility index (Phi) is 3.55. The number of nitrogens with zero attached hydrogens (tertiary/aromatic N) is 2. The van der Waals surface area contributed by atoms with E-state index in [0.29, 0.717) is 5.69 Å². The van der Waals surface area contributed by atoms with Crippen LogP contribution in [0.5, 0.6) is 0 Å². The molecule has 0 atom stereocenters. The molecule has 19 heavy (non-hydrogen) atoms. The number of sulfonamides is 1. The fourth-order valence-corrected chi connectivity index (χ4v) is 4.11. The first-order valence-corrected chi connectivity index (χ1v) is 8.17. The zero-order valence-corrected chi connectivity index (χ0v) is 13.0. The van der Waals surface area contributed by atoms with Crippen molar-refractivity contribution in [3.63, 3.8) is 0 Å². The van der Waals surface area contributed by atoms with Crippen LogP contribution in [0.2, 0.25) is 0 Å². The molecule has 5 nitrogen and oxygen atoms in total. The van der Waals surface area contributed by atoms with Crippen LogP contribution in [0.3, 0.4) is 0 Å². The summed E-state index contributed by atoms with van der Waals surface area (Å²) in [6.45, 7) is 5.43. The third-order valence-electron chi connectivity index (χ3n) is 2.28. The van der Waals surface area contributed by atoms with Crippen LogP contribution in [-0.2, 0) is 17.1 Å². The minimum Gasteiger partial charge on any atom is -0.274 e. The Hall–Kier alpha value is -1.18. The van der Waals surface area contributed by atoms with Gasteiger partial charge in [0.15, 0.2) is 0 Å². The molecule has 2 rings (SSSR count). The summed E-state index contributed by atoms with van der Waals surface area (Å²) < 4.78 is 29.0. The van der Waals surface area contributed by atoms with Crippen molar-refractivity contribution in [2.75, 3.05) is 0 Å². The summed E-state index contributed by atoms with van der Waals surface area (Å²) in [5.74, 6) is 0. The first-order chi connectivity index (χ1) is 8.69. The Morgan fingerprint density at radius 1 is 1.37 bits per heavy atom. The lowest BCUT2D eigenvalue weighted by atomic mass is 10.1. The summed E-state index contributed by atoms with van der Waals surface area (Å²) in [6.07, 6.45) is 1.53. The van der Waals surface area contributed by atoms with E-state index in [1.807, 2.05) is 38.3 Å². The van der Waals surface area contributed by atoms with E-state index in [4.69, 9.17) is 0 Å². The molecule has 0 unspecified atom stereocenters. The molecule has 0 spiro atoms. The van der Waals surface area contributed by atoms with Gasteiger partial charge in [0.1, 0.15) is 10.6 Å². The van der Waals surface area contributed by atoms with Crippen molar-refractivity contribution >= 4 is 21.4 Å². The highest BCUT2D eigenvalue weighted by Gasteiger charge is 2.27. The lowest BCUT2D eigenvalue weighted by molar-refractivity contribution is 0.491. The molecular formula is C12H17N3O2S2. The molecule has 2 aromatic rings. The topological polar surface area (TPSA) is 64.0 Å². The van der Waals surface area contributed by atoms with Crippen molar-refractivity contribution in [3.8, 4) is 10.6 Å². The minimum absolute atomic E-state index is 0.215. The van der Waals surface area contributed by atoms with Crippen molar-refractivity contribution in [2.24, 2.45) is 7.05 Å². The van der Waals surface area contributed by atoms with E-state index in [2.05, 4.69) is 9.82 Å². The molecule has 0 saturated heterocycles. The molecule has 0 fully saturated rings. The van der Waals surface area contributed by atoms with Gasteiger partial charge < -0.3 is 0 Å². The SMILES string of the molecule is Cn1cc(S(=O)(=O)NC(C)(C)C)c(-c2cccs2)n1. The molecule has 1 N–H and O–H groups in total. The van der Waals surface area contributed by atoms with Crippen molar-refractivity contribution in [1.29, 1.82) is 0 Å². The molecule has 0 aliphatic heterocycles. The first kappa shape index (κ1) is 14.2. The van der Waals surface area contributed by atoms with Crippen molar-refractivity contribution < 1.29 is 8.42 Å². The van der Waals surface area contributed by atoms with Crippen LogP contribution in [0.25, 0.3) is 10.6 Å². The lowest BCUT2D eigenvalue weighted by Crippen LogP contribution is -2.40. The molecular weight excluding hydrogens is 282 g/mol. The van der Waals surface area contributed by atoms with Crippen LogP contribution in [0, 0.1) is 0 Å². The molecule has 0 radical (unpaired) electrons. The number of aryl methyl sites for hydroxylation is 1. The zero-order valence-electron chi connectivity index (χ0n) is 11.3. The number of thiophene rings is 1. The number of hydrogen-bond acceptors (Lipinski definition) is 4. The van der Waals surface area contributed by atoms with Gasteiger partial charge in [0.2, 0.25) is 10.0 Å². The monoisotopic (exact) mass is 299 g/mol. The van der Waals surface area contributed by atoms with Gasteiger partial charge in [-0.15, -0.1) is 11.3 Å². The summed E-state index contributed by atoms with van der Waals surface area (Å²) in [5.41, 5.74) is -0.0317. The standard InChI is InChI=1S/C12H17N3O2S2/c1-12(2,3)14-19(16,17)10-8-15(4)13-11(10)9-6-5-7-18-9/h5-8,14H,1-4H3. The maximum Gasteiger partial charge on any atom is 0.244 e. The van der Waals surface area contributed by atoms with Crippen molar-refractivity contribution in [1.82, 2.24) is 14.5 Å². The Labute approximate surface area is 117 Å². The van der Waals surface area contributed by atoms with Gasteiger partial charge in [-0.1, -0.05) is 6.07 Å². The summed E-state index contributed by atoms with van der Waals surface area (Å²) in [4.78, 5) is 1.06. The van der Waals surface area contributed by atoms with E-state index >= 15 is 0 Å². The number of nitrogens with one attached hydrogen (secondary N) is 1. The quantitative estimate of drug-likeness (QED) is 0.945. The Morgan fingerprint density at radius 3 is 2.58 bits per heavy atom. The molecule has 2 heterocycles. The van der Waals surface area contributed by atoms with E-state index < -0.39 is 15.6 Å². The van der Waals surface area contributed by atoms with Gasteiger partial charge >= 0.3 is 0 Å². The summed E-state index contributed by atoms with van der Waals surface area (Å²) >= 11 is 1.47. The van der Waals surface area contributed by atoms with E-state index in [-0.39, 0.29) is 4.90 Å². The van der Waals surface area contributed by atoms with Gasteiger partial charge in [-0.2, -0.15) is 5.10 Å². The second-order valence-corrected chi connectivity index (χ2v) is 7.95. The molecule has 104 valence electrons. The van der Waals surface area contributed by atoms with Gasteiger partial charge in [-0.3, -0.25) is 4.68 Å². The van der Waals surface area contributed by atoms with Gasteiger partial charge in [-0.05, 0) is 32.2 Å². The van der Waals surface area contributed by atoms with Gasteiger partial charge in [0.25, 0.3) is 0 Å². The average molecular weight is 299 g/mol. The zero-order chi connectivity index (χ0) is 14.3. The van der Waals surface area contributed by atoms with E-state index in [0.717, 1.165) is 4.88 Å². The van der Waals surface area contributed by atoms with Crippen LogP contribution in [-0.4, -0.2) is 23.7 Å². The molecule has 7 heteroatoms. The highest BCUT2D eigenvalue weighted by atomic mass is 32.2. The summed E-state index contributed by atoms with van der Waals surface area (Å²) in [7, 11) is -1.87. The van der Waals surface area contributed by atoms with E-state index in [1.54, 1.807) is 7.05 Å². The average Bonchev–Trinajstić information content (AvgIpc) is 2.80. The molecule has 0 amide bonds. The van der Waals surface area contributed by atoms with Crippen LogP contribution in [0.4, 0.5) is 0 Å². The largest absolute Gasteiger partial charge is 0.274 e. The maximum absolute atomic E-state index is 12.4. The van der Waals surface area contributed by atoms with E-state index in [9.17, 15) is 8.42 Å². The maximum atomic E-state index is 12.4. The molecule has 0 saturated carbocycles. The van der Waals surface area contributed by atoms with Crippen LogP contribution in [0.15, 0.2) is 28.6 Å². The number of aromatic nitrogens is 2. The van der Waals surface area contributed by atoms with Gasteiger partial charge in [-0.25, -0.2) is 13.1 Å². The van der Waals surface area contributed by atoms with Crippen molar-refractivity contribution in [2.45, 2.75) is 31.2 Å². The minimum atomic E-state index is -3.58. The highest BCUT2D eigenvalue weighted by molar-refractivity contribution is 7.89. The fourth-order valence-electron chi connectivity index (χ4n) is 1.71. The molecule has 2 aromatic heterocycles. The Balaban J connectivity index is 2.52. The van der Waals surface area contributed by atoms with Gasteiger partial charge in [0, 0.05) is 18.8 Å². The summed E-state index contributed by atoms with van der Waals surface area (Å²) in [6, 6.07) is 3.74. The third-order valence-corrected chi connectivity index (χ3v) is 4.92. The normalized spacial score (nSPS) is 12.8. The predicted octanol–water partition coefficient (Wildman–Crippen LogP) is 2.23. The number of rotatable bonds is 3. The van der Waals surface area contributed by atoms with Gasteiger partial charge in [0.05, 0.1) is 4.88 Å². The molecule has 0 aliphatic carbocycles. The van der Waals surface area contributed by atoms with Crippen LogP contribution in [0.1, 0.15) is 20.8 Å². The molecule has 0 aliphatic rings. The number of hydrogen-bond donors (Lipinski definition) is 1. The summed E-state index contributed by atoms with van der Waals surface area (Å²) in [5, 5.41) is 6.16. The second kappa shape index (κ2) is 4.73. The van der Waals surface area contributed by atoms with Crippen molar-refractivity contribution in [3.05, 3.63) is 23.7 Å². The first-order valence-electron chi connectivity index (χ1n) is 5.80.